The fourth-order valence-electron chi connectivity index (χ4n) is 2.09. The first-order valence-electron chi connectivity index (χ1n) is 5.50. The Bertz CT molecular complexity index is 203. The Morgan fingerprint density at radius 2 is 2.00 bits per heavy atom. The largest absolute Gasteiger partial charge is 0.465 e. The number of carbonyl (C=O) groups is 1. The topological polar surface area (TPSA) is 95.6 Å². The Kier molecular flexibility index (Phi) is 4.84. The number of nitrogens with one attached hydrogen (secondary N) is 1. The van der Waals surface area contributed by atoms with Gasteiger partial charge in [0.05, 0.1) is 6.10 Å². The molecule has 1 saturated carbocycles. The van der Waals surface area contributed by atoms with E-state index in [1.807, 2.05) is 0 Å². The Balaban J connectivity index is 2.16. The lowest BCUT2D eigenvalue weighted by molar-refractivity contribution is 0.0741. The van der Waals surface area contributed by atoms with Crippen molar-refractivity contribution in [2.45, 2.75) is 44.2 Å². The number of hydrogen-bond donors (Lipinski definition) is 4. The van der Waals surface area contributed by atoms with Crippen LogP contribution in [0.5, 0.6) is 0 Å². The van der Waals surface area contributed by atoms with Crippen LogP contribution in [0.3, 0.4) is 0 Å². The third kappa shape index (κ3) is 4.48. The van der Waals surface area contributed by atoms with Crippen molar-refractivity contribution in [3.8, 4) is 0 Å². The van der Waals surface area contributed by atoms with Crippen molar-refractivity contribution in [3.63, 3.8) is 0 Å². The highest BCUT2D eigenvalue weighted by Gasteiger charge is 2.24. The first kappa shape index (κ1) is 12.3. The summed E-state index contributed by atoms with van der Waals surface area (Å²) >= 11 is 0. The molecular weight excluding hydrogens is 196 g/mol. The van der Waals surface area contributed by atoms with Gasteiger partial charge in [-0.2, -0.15) is 0 Å². The van der Waals surface area contributed by atoms with Gasteiger partial charge in [0.1, 0.15) is 0 Å². The highest BCUT2D eigenvalue weighted by Crippen LogP contribution is 2.26. The summed E-state index contributed by atoms with van der Waals surface area (Å²) in [6.07, 6.45) is 2.90. The van der Waals surface area contributed by atoms with Gasteiger partial charge in [0.2, 0.25) is 0 Å². The molecule has 5 nitrogen and oxygen atoms in total. The molecule has 0 aromatic rings. The summed E-state index contributed by atoms with van der Waals surface area (Å²) in [5.74, 6) is 0.292. The second-order valence-corrected chi connectivity index (χ2v) is 4.26. The van der Waals surface area contributed by atoms with Gasteiger partial charge < -0.3 is 21.3 Å². The van der Waals surface area contributed by atoms with Crippen molar-refractivity contribution in [3.05, 3.63) is 0 Å². The smallest absolute Gasteiger partial charge is 0.404 e. The molecule has 1 aliphatic rings. The lowest BCUT2D eigenvalue weighted by atomic mass is 9.82. The molecule has 0 aromatic heterocycles. The molecular formula is C10H20N2O3. The van der Waals surface area contributed by atoms with Gasteiger partial charge in [-0.15, -0.1) is 0 Å². The van der Waals surface area contributed by atoms with E-state index in [1.165, 1.54) is 0 Å². The summed E-state index contributed by atoms with van der Waals surface area (Å²) in [5.41, 5.74) is 5.77. The number of carboxylic acid groups (broad SMARTS) is 1. The number of aliphatic hydroxyl groups excluding tert-OH is 1. The van der Waals surface area contributed by atoms with Crippen molar-refractivity contribution in [2.75, 3.05) is 6.54 Å². The molecule has 5 heteroatoms. The molecule has 0 aliphatic heterocycles. The van der Waals surface area contributed by atoms with E-state index in [9.17, 15) is 9.90 Å². The van der Waals surface area contributed by atoms with E-state index < -0.39 is 12.2 Å². The molecule has 88 valence electrons. The molecule has 0 heterocycles. The van der Waals surface area contributed by atoms with Crippen LogP contribution in [0, 0.1) is 5.92 Å². The highest BCUT2D eigenvalue weighted by molar-refractivity contribution is 5.64. The molecule has 1 unspecified atom stereocenters. The maximum atomic E-state index is 10.2. The minimum Gasteiger partial charge on any atom is -0.465 e. The predicted molar refractivity (Wildman–Crippen MR) is 56.6 cm³/mol. The second kappa shape index (κ2) is 5.92. The molecule has 1 aliphatic carbocycles. The molecule has 1 atom stereocenters. The first-order chi connectivity index (χ1) is 7.09. The van der Waals surface area contributed by atoms with E-state index in [-0.39, 0.29) is 6.04 Å². The van der Waals surface area contributed by atoms with Gasteiger partial charge in [-0.25, -0.2) is 4.79 Å². The second-order valence-electron chi connectivity index (χ2n) is 4.26. The lowest BCUT2D eigenvalue weighted by Crippen LogP contribution is -2.34. The summed E-state index contributed by atoms with van der Waals surface area (Å²) in [5, 5.41) is 20.4. The molecule has 15 heavy (non-hydrogen) atoms. The lowest BCUT2D eigenvalue weighted by Gasteiger charge is -2.29. The van der Waals surface area contributed by atoms with Gasteiger partial charge in [-0.3, -0.25) is 0 Å². The van der Waals surface area contributed by atoms with Gasteiger partial charge in [0, 0.05) is 12.6 Å². The van der Waals surface area contributed by atoms with E-state index in [4.69, 9.17) is 10.8 Å². The maximum absolute atomic E-state index is 10.2. The molecule has 5 N–H and O–H groups in total. The van der Waals surface area contributed by atoms with Crippen LogP contribution in [0.4, 0.5) is 4.79 Å². The summed E-state index contributed by atoms with van der Waals surface area (Å²) in [6.45, 7) is 0.319. The van der Waals surface area contributed by atoms with E-state index in [2.05, 4.69) is 5.32 Å². The van der Waals surface area contributed by atoms with Gasteiger partial charge >= 0.3 is 6.09 Å². The zero-order valence-corrected chi connectivity index (χ0v) is 8.85. The Labute approximate surface area is 89.7 Å². The van der Waals surface area contributed by atoms with Crippen LogP contribution in [0.2, 0.25) is 0 Å². The zero-order valence-electron chi connectivity index (χ0n) is 8.85. The van der Waals surface area contributed by atoms with Gasteiger partial charge in [0.15, 0.2) is 0 Å². The van der Waals surface area contributed by atoms with Crippen LogP contribution in [-0.2, 0) is 0 Å². The van der Waals surface area contributed by atoms with Crippen LogP contribution in [0.25, 0.3) is 0 Å². The van der Waals surface area contributed by atoms with E-state index >= 15 is 0 Å². The average molecular weight is 216 g/mol. The van der Waals surface area contributed by atoms with E-state index in [1.54, 1.807) is 0 Å². The summed E-state index contributed by atoms with van der Waals surface area (Å²) in [6, 6.07) is 0.283. The molecule has 1 rings (SSSR count). The normalized spacial score (nSPS) is 28.4. The van der Waals surface area contributed by atoms with Crippen molar-refractivity contribution in [1.82, 2.24) is 5.32 Å². The zero-order chi connectivity index (χ0) is 11.3. The molecule has 0 radical (unpaired) electrons. The van der Waals surface area contributed by atoms with Crippen molar-refractivity contribution in [1.29, 1.82) is 0 Å². The van der Waals surface area contributed by atoms with Crippen LogP contribution >= 0.6 is 0 Å². The van der Waals surface area contributed by atoms with Crippen LogP contribution in [0.1, 0.15) is 32.1 Å². The van der Waals surface area contributed by atoms with Crippen LogP contribution < -0.4 is 11.1 Å². The van der Waals surface area contributed by atoms with Crippen molar-refractivity contribution < 1.29 is 15.0 Å². The Morgan fingerprint density at radius 3 is 2.53 bits per heavy atom. The average Bonchev–Trinajstić information content (AvgIpc) is 2.18. The molecule has 0 bridgehead atoms. The first-order valence-corrected chi connectivity index (χ1v) is 5.50. The van der Waals surface area contributed by atoms with Gasteiger partial charge in [-0.1, -0.05) is 0 Å². The van der Waals surface area contributed by atoms with E-state index in [0.717, 1.165) is 25.7 Å². The fourth-order valence-corrected chi connectivity index (χ4v) is 2.09. The molecule has 1 amide bonds. The van der Waals surface area contributed by atoms with Crippen molar-refractivity contribution in [2.24, 2.45) is 11.7 Å². The molecule has 0 spiro atoms. The SMILES string of the molecule is NC1CCC(C(O)CCNC(=O)O)CC1. The number of rotatable bonds is 4. The molecule has 0 aromatic carbocycles. The third-order valence-corrected chi connectivity index (χ3v) is 3.08. The van der Waals surface area contributed by atoms with Crippen LogP contribution in [-0.4, -0.2) is 35.0 Å². The minimum atomic E-state index is -1.03. The summed E-state index contributed by atoms with van der Waals surface area (Å²) in [7, 11) is 0. The quantitative estimate of drug-likeness (QED) is 0.551. The van der Waals surface area contributed by atoms with E-state index in [0.29, 0.717) is 18.9 Å². The predicted octanol–water partition coefficient (Wildman–Crippen LogP) is 0.522. The maximum Gasteiger partial charge on any atom is 0.404 e. The molecule has 1 fully saturated rings. The highest BCUT2D eigenvalue weighted by atomic mass is 16.4. The fraction of sp³-hybridized carbons (Fsp3) is 0.900. The van der Waals surface area contributed by atoms with Gasteiger partial charge in [-0.05, 0) is 38.0 Å². The minimum absolute atomic E-state index is 0.283. The third-order valence-electron chi connectivity index (χ3n) is 3.08. The molecule has 0 saturated heterocycles. The number of aliphatic hydroxyl groups is 1. The monoisotopic (exact) mass is 216 g/mol. The van der Waals surface area contributed by atoms with Gasteiger partial charge in [0.25, 0.3) is 0 Å². The van der Waals surface area contributed by atoms with Crippen molar-refractivity contribution >= 4 is 6.09 Å². The van der Waals surface area contributed by atoms with Crippen LogP contribution in [0.15, 0.2) is 0 Å². The summed E-state index contributed by atoms with van der Waals surface area (Å²) in [4.78, 5) is 10.2. The standard InChI is InChI=1S/C10H20N2O3/c11-8-3-1-7(2-4-8)9(13)5-6-12-10(14)15/h7-9,12-13H,1-6,11H2,(H,14,15). The number of hydrogen-bond acceptors (Lipinski definition) is 3. The Morgan fingerprint density at radius 1 is 1.40 bits per heavy atom. The number of nitrogens with two attached hydrogens (primary N) is 1. The Hall–Kier alpha value is -0.810. The number of amides is 1. The summed E-state index contributed by atoms with van der Waals surface area (Å²) < 4.78 is 0.